The monoisotopic (exact) mass is 567 g/mol. The molecule has 2 N–H and O–H groups in total. The van der Waals surface area contributed by atoms with E-state index < -0.39 is 5.97 Å². The fourth-order valence-electron chi connectivity index (χ4n) is 5.76. The van der Waals surface area contributed by atoms with Crippen molar-refractivity contribution in [1.29, 1.82) is 0 Å². The Balaban J connectivity index is 1.39. The number of rotatable bonds is 9. The average molecular weight is 568 g/mol. The first-order chi connectivity index (χ1) is 21.0. The van der Waals surface area contributed by atoms with Crippen molar-refractivity contribution in [3.05, 3.63) is 143 Å². The third kappa shape index (κ3) is 5.93. The third-order valence-electron chi connectivity index (χ3n) is 8.03. The van der Waals surface area contributed by atoms with Crippen LogP contribution in [0.25, 0.3) is 33.4 Å². The Bertz CT molecular complexity index is 1930. The van der Waals surface area contributed by atoms with E-state index in [-0.39, 0.29) is 5.56 Å². The van der Waals surface area contributed by atoms with Crippen LogP contribution in [0.4, 0.5) is 5.69 Å². The van der Waals surface area contributed by atoms with Crippen molar-refractivity contribution >= 4 is 22.6 Å². The summed E-state index contributed by atoms with van der Waals surface area (Å²) in [5.74, 6) is -0.231. The van der Waals surface area contributed by atoms with Gasteiger partial charge in [-0.05, 0) is 72.9 Å². The van der Waals surface area contributed by atoms with E-state index in [1.54, 1.807) is 12.1 Å². The maximum Gasteiger partial charge on any atom is 0.336 e. The molecule has 5 nitrogen and oxygen atoms in total. The van der Waals surface area contributed by atoms with Crippen LogP contribution in [0.1, 0.15) is 40.9 Å². The van der Waals surface area contributed by atoms with Crippen LogP contribution >= 0.6 is 0 Å². The quantitative estimate of drug-likeness (QED) is 0.138. The minimum Gasteiger partial charge on any atom is -0.478 e. The topological polar surface area (TPSA) is 65.5 Å². The van der Waals surface area contributed by atoms with Crippen LogP contribution in [-0.4, -0.2) is 24.2 Å². The second-order valence-electron chi connectivity index (χ2n) is 10.7. The summed E-state index contributed by atoms with van der Waals surface area (Å²) >= 11 is 0. The van der Waals surface area contributed by atoms with E-state index in [0.29, 0.717) is 17.7 Å². The molecule has 0 bridgehead atoms. The van der Waals surface area contributed by atoms with Gasteiger partial charge in [-0.25, -0.2) is 9.37 Å². The number of carboxylic acids is 1. The number of carboxylic acid groups (broad SMARTS) is 1. The predicted octanol–water partition coefficient (Wildman–Crippen LogP) is 7.92. The molecule has 0 saturated carbocycles. The Morgan fingerprint density at radius 2 is 1.44 bits per heavy atom. The van der Waals surface area contributed by atoms with Gasteiger partial charge in [0.1, 0.15) is 24.4 Å². The zero-order chi connectivity index (χ0) is 29.8. The Morgan fingerprint density at radius 3 is 2.19 bits per heavy atom. The Labute approximate surface area is 251 Å². The van der Waals surface area contributed by atoms with Crippen molar-refractivity contribution in [3.8, 4) is 22.5 Å². The van der Waals surface area contributed by atoms with Gasteiger partial charge >= 0.3 is 5.97 Å². The molecule has 1 heterocycles. The summed E-state index contributed by atoms with van der Waals surface area (Å²) in [4.78, 5) is 12.3. The normalized spacial score (nSPS) is 11.1. The van der Waals surface area contributed by atoms with Crippen molar-refractivity contribution in [2.45, 2.75) is 26.8 Å². The zero-order valence-electron chi connectivity index (χ0n) is 24.5. The minimum absolute atomic E-state index is 0.262. The molecule has 1 aliphatic carbocycles. The number of hydrogen-bond acceptors (Lipinski definition) is 3. The summed E-state index contributed by atoms with van der Waals surface area (Å²) in [6, 6.07) is 38.6. The van der Waals surface area contributed by atoms with E-state index in [4.69, 9.17) is 4.42 Å². The third-order valence-corrected chi connectivity index (χ3v) is 8.03. The van der Waals surface area contributed by atoms with Crippen LogP contribution in [-0.2, 0) is 13.0 Å². The molecule has 5 heteroatoms. The van der Waals surface area contributed by atoms with Crippen LogP contribution in [0.3, 0.4) is 0 Å². The number of aromatic carboxylic acids is 1. The lowest BCUT2D eigenvalue weighted by molar-refractivity contribution is 0.0697. The molecule has 0 aromatic heterocycles. The highest BCUT2D eigenvalue weighted by atomic mass is 16.4. The van der Waals surface area contributed by atoms with Crippen molar-refractivity contribution in [2.24, 2.45) is 0 Å². The summed E-state index contributed by atoms with van der Waals surface area (Å²) in [5.41, 5.74) is 8.06. The fourth-order valence-corrected chi connectivity index (χ4v) is 5.76. The van der Waals surface area contributed by atoms with Crippen molar-refractivity contribution in [3.63, 3.8) is 0 Å². The van der Waals surface area contributed by atoms with Gasteiger partial charge in [0.05, 0.1) is 11.6 Å². The highest BCUT2D eigenvalue weighted by Crippen LogP contribution is 2.41. The number of carbonyl (C=O) groups is 1. The summed E-state index contributed by atoms with van der Waals surface area (Å²) in [5, 5.41) is 15.6. The standard InChI is InChI=1S/C38H34N2O3/c1-3-40(4-2)30-19-20-33-36(24-30)43-35-21-18-29(23-34(35)37(33)31-12-8-9-13-32(31)38(41)42)39-25-28-16-14-27(15-17-28)22-26-10-6-5-7-11-26/h5-21,23-24,39H,3-4,22,25H2,1-2H3/p+1. The van der Waals surface area contributed by atoms with Crippen molar-refractivity contribution in [2.75, 3.05) is 18.4 Å². The van der Waals surface area contributed by atoms with Gasteiger partial charge in [0.15, 0.2) is 0 Å². The van der Waals surface area contributed by atoms with E-state index in [2.05, 4.69) is 96.5 Å². The van der Waals surface area contributed by atoms with Gasteiger partial charge in [-0.2, -0.15) is 0 Å². The molecule has 4 aromatic rings. The zero-order valence-corrected chi connectivity index (χ0v) is 24.5. The number of nitrogens with one attached hydrogen (secondary N) is 1. The molecule has 0 radical (unpaired) electrons. The summed E-state index contributed by atoms with van der Waals surface area (Å²) < 4.78 is 8.74. The first-order valence-electron chi connectivity index (χ1n) is 14.8. The molecule has 0 saturated heterocycles. The van der Waals surface area contributed by atoms with E-state index in [0.717, 1.165) is 52.8 Å². The Morgan fingerprint density at radius 1 is 0.744 bits per heavy atom. The van der Waals surface area contributed by atoms with Gasteiger partial charge in [0, 0.05) is 34.8 Å². The maximum absolute atomic E-state index is 12.3. The summed E-state index contributed by atoms with van der Waals surface area (Å²) in [6.45, 7) is 6.70. The Hall–Kier alpha value is -5.16. The second kappa shape index (κ2) is 12.4. The number of anilines is 1. The van der Waals surface area contributed by atoms with Gasteiger partial charge in [-0.15, -0.1) is 0 Å². The first-order valence-corrected chi connectivity index (χ1v) is 14.8. The average Bonchev–Trinajstić information content (AvgIpc) is 3.04. The largest absolute Gasteiger partial charge is 0.478 e. The van der Waals surface area contributed by atoms with Crippen LogP contribution in [0, 0.1) is 0 Å². The summed E-state index contributed by atoms with van der Waals surface area (Å²) in [7, 11) is 0. The van der Waals surface area contributed by atoms with Crippen LogP contribution < -0.4 is 15.2 Å². The molecular formula is C38H35N2O3+. The van der Waals surface area contributed by atoms with Gasteiger partial charge < -0.3 is 14.8 Å². The van der Waals surface area contributed by atoms with Gasteiger partial charge in [0.25, 0.3) is 0 Å². The highest BCUT2D eigenvalue weighted by molar-refractivity contribution is 6.08. The lowest BCUT2D eigenvalue weighted by Crippen LogP contribution is -2.29. The molecule has 43 heavy (non-hydrogen) atoms. The highest BCUT2D eigenvalue weighted by Gasteiger charge is 2.22. The molecule has 6 rings (SSSR count). The minimum atomic E-state index is -0.956. The lowest BCUT2D eigenvalue weighted by atomic mass is 9.90. The van der Waals surface area contributed by atoms with E-state index in [9.17, 15) is 9.90 Å². The molecule has 0 atom stereocenters. The van der Waals surface area contributed by atoms with Gasteiger partial charge in [-0.3, -0.25) is 0 Å². The molecule has 0 spiro atoms. The number of hydrogen-bond donors (Lipinski definition) is 2. The van der Waals surface area contributed by atoms with E-state index in [1.165, 1.54) is 16.7 Å². The maximum atomic E-state index is 12.3. The molecule has 214 valence electrons. The van der Waals surface area contributed by atoms with Crippen LogP contribution in [0.15, 0.2) is 120 Å². The van der Waals surface area contributed by atoms with E-state index in [1.807, 2.05) is 30.3 Å². The van der Waals surface area contributed by atoms with Crippen LogP contribution in [0.5, 0.6) is 0 Å². The van der Waals surface area contributed by atoms with E-state index >= 15 is 0 Å². The van der Waals surface area contributed by atoms with Crippen molar-refractivity contribution < 1.29 is 14.3 Å². The fraction of sp³-hybridized carbons (Fsp3) is 0.158. The second-order valence-corrected chi connectivity index (χ2v) is 10.7. The smallest absolute Gasteiger partial charge is 0.336 e. The molecule has 0 fully saturated rings. The van der Waals surface area contributed by atoms with Crippen LogP contribution in [0.2, 0.25) is 0 Å². The number of benzene rings is 5. The van der Waals surface area contributed by atoms with Gasteiger partial charge in [0.2, 0.25) is 5.36 Å². The molecule has 2 aliphatic rings. The molecular weight excluding hydrogens is 532 g/mol. The Kier molecular flexibility index (Phi) is 8.05. The molecule has 4 aromatic carbocycles. The first kappa shape index (κ1) is 28.0. The van der Waals surface area contributed by atoms with Crippen molar-refractivity contribution in [1.82, 2.24) is 4.58 Å². The van der Waals surface area contributed by atoms with Gasteiger partial charge in [-0.1, -0.05) is 72.8 Å². The SMILES string of the molecule is CC[N+](CC)=c1ccc2c(-c3ccccc3C(=O)O)c3cc(NCc4ccc(Cc5ccccc5)cc4)ccc3oc-2c1. The number of nitrogens with zero attached hydrogens (tertiary/aromatic N) is 1. The molecule has 0 unspecified atom stereocenters. The molecule has 0 amide bonds. The predicted molar refractivity (Wildman–Crippen MR) is 175 cm³/mol. The summed E-state index contributed by atoms with van der Waals surface area (Å²) in [6.07, 6.45) is 0.910. The lowest BCUT2D eigenvalue weighted by Gasteiger charge is -2.17. The molecule has 1 aliphatic heterocycles. The number of fused-ring (bicyclic) bond motifs is 2.